The highest BCUT2D eigenvalue weighted by Crippen LogP contribution is 2.67. The van der Waals surface area contributed by atoms with E-state index < -0.39 is 23.0 Å². The third kappa shape index (κ3) is 3.09. The smallest absolute Gasteiger partial charge is 0.230 e. The number of aliphatic hydroxyl groups excluding tert-OH is 1. The summed E-state index contributed by atoms with van der Waals surface area (Å²) >= 11 is 0. The monoisotopic (exact) mass is 409 g/mol. The fourth-order valence-electron chi connectivity index (χ4n) is 7.30. The van der Waals surface area contributed by atoms with E-state index in [9.17, 15) is 14.7 Å². The number of nitrogens with zero attached hydrogens (tertiary/aromatic N) is 1. The number of rotatable bonds is 4. The van der Waals surface area contributed by atoms with Crippen LogP contribution in [-0.4, -0.2) is 61.9 Å². The average Bonchev–Trinajstić information content (AvgIpc) is 3.02. The van der Waals surface area contributed by atoms with Crippen molar-refractivity contribution >= 4 is 11.7 Å². The van der Waals surface area contributed by atoms with Crippen molar-refractivity contribution in [3.8, 4) is 0 Å². The maximum absolute atomic E-state index is 13.4. The van der Waals surface area contributed by atoms with Crippen molar-refractivity contribution in [2.75, 3.05) is 28.0 Å². The van der Waals surface area contributed by atoms with Crippen LogP contribution in [0.3, 0.4) is 0 Å². The van der Waals surface area contributed by atoms with Gasteiger partial charge in [-0.05, 0) is 49.9 Å². The van der Waals surface area contributed by atoms with Gasteiger partial charge in [0.15, 0.2) is 0 Å². The Morgan fingerprint density at radius 2 is 1.90 bits per heavy atom. The molecule has 1 amide bonds. The van der Waals surface area contributed by atoms with Crippen molar-refractivity contribution in [3.63, 3.8) is 0 Å². The van der Waals surface area contributed by atoms with Gasteiger partial charge in [0.05, 0.1) is 17.6 Å². The van der Waals surface area contributed by atoms with E-state index in [0.29, 0.717) is 6.42 Å². The van der Waals surface area contributed by atoms with Gasteiger partial charge in [-0.2, -0.15) is 0 Å². The van der Waals surface area contributed by atoms with Gasteiger partial charge in [-0.15, -0.1) is 0 Å². The standard InChI is InChI=1S/C23H39NO5/c1-14-8-10-23-11-9-16(25)18(23)22(14,4)17(26)12-21(3,20(27)24(5)6)19(15(23)2)29-13-28-7/h14-15,17-19,26H,8-13H2,1-7H3/t14-,15+,17-,18?,19+,21-,22+,23?/m1/s1. The van der Waals surface area contributed by atoms with Crippen LogP contribution in [0.5, 0.6) is 0 Å². The third-order valence-corrected chi connectivity index (χ3v) is 9.04. The van der Waals surface area contributed by atoms with Crippen LogP contribution in [0.2, 0.25) is 0 Å². The van der Waals surface area contributed by atoms with Crippen molar-refractivity contribution in [1.82, 2.24) is 4.90 Å². The van der Waals surface area contributed by atoms with E-state index in [-0.39, 0.29) is 48.1 Å². The maximum Gasteiger partial charge on any atom is 0.230 e. The van der Waals surface area contributed by atoms with Gasteiger partial charge in [-0.1, -0.05) is 20.8 Å². The number of ketones is 1. The van der Waals surface area contributed by atoms with Gasteiger partial charge in [-0.25, -0.2) is 0 Å². The molecule has 6 nitrogen and oxygen atoms in total. The number of carbonyl (C=O) groups excluding carboxylic acids is 2. The molecule has 0 saturated heterocycles. The molecule has 0 heterocycles. The average molecular weight is 410 g/mol. The number of ether oxygens (including phenoxy) is 2. The molecule has 0 spiro atoms. The predicted octanol–water partition coefficient (Wildman–Crippen LogP) is 2.87. The number of methoxy groups -OCH3 is 1. The van der Waals surface area contributed by atoms with Gasteiger partial charge in [0, 0.05) is 39.0 Å². The SMILES string of the molecule is COCO[C@H]1[C@H](C)C23CCC(=O)C2[C@@](C)([C@H](C)CC3)[C@H](O)C[C@@]1(C)C(=O)N(C)C. The van der Waals surface area contributed by atoms with Crippen molar-refractivity contribution in [1.29, 1.82) is 0 Å². The van der Waals surface area contributed by atoms with Gasteiger partial charge in [-0.3, -0.25) is 9.59 Å². The molecular formula is C23H39NO5. The Hall–Kier alpha value is -0.980. The largest absolute Gasteiger partial charge is 0.392 e. The molecule has 0 aliphatic heterocycles. The topological polar surface area (TPSA) is 76.1 Å². The minimum Gasteiger partial charge on any atom is -0.392 e. The van der Waals surface area contributed by atoms with E-state index in [2.05, 4.69) is 20.8 Å². The Morgan fingerprint density at radius 1 is 1.24 bits per heavy atom. The molecule has 3 saturated carbocycles. The first-order chi connectivity index (χ1) is 13.5. The molecule has 2 unspecified atom stereocenters. The number of Topliss-reactive ketones (excluding diaryl/α,β-unsaturated/α-hetero) is 1. The summed E-state index contributed by atoms with van der Waals surface area (Å²) in [6.07, 6.45) is 2.39. The fraction of sp³-hybridized carbons (Fsp3) is 0.913. The van der Waals surface area contributed by atoms with Gasteiger partial charge in [0.1, 0.15) is 12.6 Å². The highest BCUT2D eigenvalue weighted by atomic mass is 16.7. The van der Waals surface area contributed by atoms with Gasteiger partial charge >= 0.3 is 0 Å². The second kappa shape index (κ2) is 7.61. The quantitative estimate of drug-likeness (QED) is 0.723. The Balaban J connectivity index is 2.20. The number of carbonyl (C=O) groups is 2. The van der Waals surface area contributed by atoms with E-state index in [4.69, 9.17) is 9.47 Å². The Morgan fingerprint density at radius 3 is 2.48 bits per heavy atom. The van der Waals surface area contributed by atoms with Crippen LogP contribution in [0.4, 0.5) is 0 Å². The lowest BCUT2D eigenvalue weighted by Crippen LogP contribution is -2.65. The molecule has 3 aliphatic carbocycles. The molecule has 8 atom stereocenters. The summed E-state index contributed by atoms with van der Waals surface area (Å²) in [7, 11) is 5.08. The molecule has 3 fully saturated rings. The van der Waals surface area contributed by atoms with Crippen LogP contribution in [0.25, 0.3) is 0 Å². The molecular weight excluding hydrogens is 370 g/mol. The van der Waals surface area contributed by atoms with Crippen LogP contribution < -0.4 is 0 Å². The van der Waals surface area contributed by atoms with Crippen LogP contribution in [0.1, 0.15) is 59.8 Å². The number of hydrogen-bond acceptors (Lipinski definition) is 5. The zero-order valence-corrected chi connectivity index (χ0v) is 19.2. The molecule has 166 valence electrons. The molecule has 0 radical (unpaired) electrons. The summed E-state index contributed by atoms with van der Waals surface area (Å²) in [6.45, 7) is 8.42. The first-order valence-electron chi connectivity index (χ1n) is 11.0. The van der Waals surface area contributed by atoms with Crippen LogP contribution >= 0.6 is 0 Å². The van der Waals surface area contributed by atoms with E-state index in [1.807, 2.05) is 6.92 Å². The molecule has 2 bridgehead atoms. The lowest BCUT2D eigenvalue weighted by molar-refractivity contribution is -0.224. The third-order valence-electron chi connectivity index (χ3n) is 9.04. The fourth-order valence-corrected chi connectivity index (χ4v) is 7.30. The van der Waals surface area contributed by atoms with Gasteiger partial charge in [0.2, 0.25) is 5.91 Å². The molecule has 0 aromatic rings. The van der Waals surface area contributed by atoms with E-state index in [1.54, 1.807) is 26.1 Å². The van der Waals surface area contributed by atoms with Crippen molar-refractivity contribution in [2.45, 2.75) is 72.0 Å². The molecule has 0 aromatic heterocycles. The lowest BCUT2D eigenvalue weighted by Gasteiger charge is -2.62. The summed E-state index contributed by atoms with van der Waals surface area (Å²) in [5.41, 5.74) is -1.67. The van der Waals surface area contributed by atoms with E-state index in [0.717, 1.165) is 19.3 Å². The molecule has 3 rings (SSSR count). The zero-order valence-electron chi connectivity index (χ0n) is 19.2. The normalized spacial score (nSPS) is 47.3. The van der Waals surface area contributed by atoms with Crippen LogP contribution in [0, 0.1) is 34.0 Å². The second-order valence-corrected chi connectivity index (χ2v) is 10.6. The van der Waals surface area contributed by atoms with Crippen molar-refractivity contribution in [2.24, 2.45) is 34.0 Å². The van der Waals surface area contributed by atoms with E-state index in [1.165, 1.54) is 0 Å². The number of amides is 1. The van der Waals surface area contributed by atoms with Gasteiger partial charge < -0.3 is 19.5 Å². The minimum atomic E-state index is -0.900. The Bertz CT molecular complexity index is 666. The van der Waals surface area contributed by atoms with Crippen molar-refractivity contribution < 1.29 is 24.2 Å². The first kappa shape index (κ1) is 22.7. The summed E-state index contributed by atoms with van der Waals surface area (Å²) in [5, 5.41) is 11.6. The highest BCUT2D eigenvalue weighted by molar-refractivity contribution is 5.86. The summed E-state index contributed by atoms with van der Waals surface area (Å²) in [4.78, 5) is 28.2. The van der Waals surface area contributed by atoms with Crippen LogP contribution in [-0.2, 0) is 19.1 Å². The predicted molar refractivity (Wildman–Crippen MR) is 110 cm³/mol. The zero-order chi connectivity index (χ0) is 21.8. The first-order valence-corrected chi connectivity index (χ1v) is 11.0. The van der Waals surface area contributed by atoms with Crippen molar-refractivity contribution in [3.05, 3.63) is 0 Å². The number of aliphatic hydroxyl groups is 1. The van der Waals surface area contributed by atoms with Gasteiger partial charge in [0.25, 0.3) is 0 Å². The van der Waals surface area contributed by atoms with Crippen LogP contribution in [0.15, 0.2) is 0 Å². The highest BCUT2D eigenvalue weighted by Gasteiger charge is 2.68. The van der Waals surface area contributed by atoms with E-state index >= 15 is 0 Å². The molecule has 3 aliphatic rings. The maximum atomic E-state index is 13.4. The molecule has 29 heavy (non-hydrogen) atoms. The lowest BCUT2D eigenvalue weighted by atomic mass is 9.43. The summed E-state index contributed by atoms with van der Waals surface area (Å²) in [6, 6.07) is 0. The Kier molecular flexibility index (Phi) is 5.96. The summed E-state index contributed by atoms with van der Waals surface area (Å²) < 4.78 is 11.4. The number of hydrogen-bond donors (Lipinski definition) is 1. The second-order valence-electron chi connectivity index (χ2n) is 10.6. The Labute approximate surface area is 175 Å². The molecule has 1 N–H and O–H groups in total. The molecule has 6 heteroatoms. The summed E-state index contributed by atoms with van der Waals surface area (Å²) in [5.74, 6) is 0.273. The minimum absolute atomic E-state index is 0.00215. The molecule has 0 aromatic carbocycles.